The first-order valence-corrected chi connectivity index (χ1v) is 11.2. The van der Waals surface area contributed by atoms with Crippen LogP contribution in [0.25, 0.3) is 5.65 Å². The van der Waals surface area contributed by atoms with Crippen molar-refractivity contribution in [1.82, 2.24) is 24.4 Å². The van der Waals surface area contributed by atoms with E-state index in [1.165, 1.54) is 4.52 Å². The highest BCUT2D eigenvalue weighted by Crippen LogP contribution is 2.28. The van der Waals surface area contributed by atoms with Gasteiger partial charge in [-0.05, 0) is 45.6 Å². The van der Waals surface area contributed by atoms with Crippen LogP contribution in [0.15, 0.2) is 46.2 Å². The molecule has 3 aromatic rings. The normalized spacial score (nSPS) is 11.9. The molecule has 160 valence electrons. The summed E-state index contributed by atoms with van der Waals surface area (Å²) in [4.78, 5) is 21.2. The smallest absolute Gasteiger partial charge is 0.272 e. The number of fused-ring (bicyclic) bond motifs is 1. The van der Waals surface area contributed by atoms with E-state index in [0.717, 1.165) is 0 Å². The van der Waals surface area contributed by atoms with Crippen molar-refractivity contribution in [2.24, 2.45) is 0 Å². The predicted octanol–water partition coefficient (Wildman–Crippen LogP) is 2.07. The number of sulfone groups is 1. The lowest BCUT2D eigenvalue weighted by atomic mass is 10.3. The lowest BCUT2D eigenvalue weighted by Crippen LogP contribution is -2.34. The molecule has 1 aromatic carbocycles. The van der Waals surface area contributed by atoms with E-state index in [0.29, 0.717) is 30.9 Å². The first kappa shape index (κ1) is 21.9. The number of carbonyl (C=O) groups excluding carboxylic acids is 1. The van der Waals surface area contributed by atoms with Crippen molar-refractivity contribution in [3.8, 4) is 0 Å². The Morgan fingerprint density at radius 2 is 1.77 bits per heavy atom. The number of hydrogen-bond donors (Lipinski definition) is 0. The van der Waals surface area contributed by atoms with Crippen molar-refractivity contribution < 1.29 is 13.2 Å². The zero-order valence-corrected chi connectivity index (χ0v) is 18.8. The average molecular weight is 430 g/mol. The molecule has 0 fully saturated rings. The third-order valence-electron chi connectivity index (χ3n) is 4.90. The van der Waals surface area contributed by atoms with Crippen LogP contribution in [0.5, 0.6) is 0 Å². The van der Waals surface area contributed by atoms with Crippen molar-refractivity contribution in [3.05, 3.63) is 53.5 Å². The van der Waals surface area contributed by atoms with E-state index in [1.807, 2.05) is 25.9 Å². The molecule has 0 aliphatic rings. The quantitative estimate of drug-likeness (QED) is 0.571. The number of hydrogen-bond acceptors (Lipinski definition) is 6. The second-order valence-corrected chi connectivity index (χ2v) is 9.38. The highest BCUT2D eigenvalue weighted by Gasteiger charge is 2.29. The van der Waals surface area contributed by atoms with E-state index in [2.05, 4.69) is 10.1 Å². The molecule has 2 heterocycles. The summed E-state index contributed by atoms with van der Waals surface area (Å²) in [6, 6.07) is 9.87. The van der Waals surface area contributed by atoms with E-state index < -0.39 is 9.84 Å². The molecule has 1 amide bonds. The molecule has 0 bridgehead atoms. The molecule has 0 N–H and O–H groups in total. The van der Waals surface area contributed by atoms with Crippen LogP contribution in [-0.2, 0) is 16.3 Å². The van der Waals surface area contributed by atoms with Gasteiger partial charge >= 0.3 is 0 Å². The maximum Gasteiger partial charge on any atom is 0.272 e. The number of amides is 1. The molecule has 0 saturated carbocycles. The highest BCUT2D eigenvalue weighted by molar-refractivity contribution is 7.91. The van der Waals surface area contributed by atoms with Crippen molar-refractivity contribution in [2.75, 3.05) is 34.2 Å². The molecule has 0 atom stereocenters. The van der Waals surface area contributed by atoms with Crippen molar-refractivity contribution in [1.29, 1.82) is 0 Å². The van der Waals surface area contributed by atoms with Crippen LogP contribution >= 0.6 is 0 Å². The lowest BCUT2D eigenvalue weighted by Gasteiger charge is -2.19. The van der Waals surface area contributed by atoms with E-state index in [9.17, 15) is 13.2 Å². The highest BCUT2D eigenvalue weighted by atomic mass is 32.2. The molecule has 0 unspecified atom stereocenters. The van der Waals surface area contributed by atoms with Gasteiger partial charge in [0.25, 0.3) is 5.91 Å². The fraction of sp³-hybridized carbons (Fsp3) is 0.381. The first-order valence-electron chi connectivity index (χ1n) is 9.76. The van der Waals surface area contributed by atoms with Crippen LogP contribution in [-0.4, -0.2) is 73.0 Å². The van der Waals surface area contributed by atoms with Gasteiger partial charge in [0.05, 0.1) is 10.6 Å². The standard InChI is InChI=1S/C21H27N5O3S/c1-6-17-19(30(28,29)16-10-8-7-9-11-16)20-22-18(14-15(2)26(20)23-17)21(27)25(5)13-12-24(3)4/h7-11,14H,6,12-13H2,1-5H3. The minimum Gasteiger partial charge on any atom is -0.339 e. The Morgan fingerprint density at radius 1 is 1.10 bits per heavy atom. The van der Waals surface area contributed by atoms with Crippen molar-refractivity contribution >= 4 is 21.4 Å². The zero-order valence-electron chi connectivity index (χ0n) is 18.0. The third-order valence-corrected chi connectivity index (χ3v) is 6.75. The topological polar surface area (TPSA) is 87.9 Å². The Bertz CT molecular complexity index is 1170. The molecule has 8 nitrogen and oxygen atoms in total. The van der Waals surface area contributed by atoms with Gasteiger partial charge in [-0.3, -0.25) is 4.79 Å². The Hall–Kier alpha value is -2.78. The van der Waals surface area contributed by atoms with Gasteiger partial charge in [-0.2, -0.15) is 5.10 Å². The molecule has 2 aromatic heterocycles. The predicted molar refractivity (Wildman–Crippen MR) is 115 cm³/mol. The van der Waals surface area contributed by atoms with Crippen LogP contribution in [0.2, 0.25) is 0 Å². The summed E-state index contributed by atoms with van der Waals surface area (Å²) < 4.78 is 28.3. The second kappa shape index (κ2) is 8.53. The number of aryl methyl sites for hydroxylation is 2. The molecule has 30 heavy (non-hydrogen) atoms. The molecular weight excluding hydrogens is 402 g/mol. The van der Waals surface area contributed by atoms with Gasteiger partial charge in [0.1, 0.15) is 10.6 Å². The minimum atomic E-state index is -3.84. The van der Waals surface area contributed by atoms with E-state index >= 15 is 0 Å². The van der Waals surface area contributed by atoms with Gasteiger partial charge in [-0.1, -0.05) is 25.1 Å². The molecule has 0 aliphatic heterocycles. The molecule has 9 heteroatoms. The number of rotatable bonds is 7. The minimum absolute atomic E-state index is 0.0601. The molecule has 0 spiro atoms. The summed E-state index contributed by atoms with van der Waals surface area (Å²) in [7, 11) is 1.74. The van der Waals surface area contributed by atoms with Gasteiger partial charge in [0.2, 0.25) is 9.84 Å². The van der Waals surface area contributed by atoms with Gasteiger partial charge in [-0.15, -0.1) is 0 Å². The Labute approximate surface area is 177 Å². The number of aromatic nitrogens is 3. The van der Waals surface area contributed by atoms with Crippen molar-refractivity contribution in [3.63, 3.8) is 0 Å². The molecule has 0 radical (unpaired) electrons. The molecule has 0 saturated heterocycles. The number of carbonyl (C=O) groups is 1. The van der Waals surface area contributed by atoms with Gasteiger partial charge < -0.3 is 9.80 Å². The summed E-state index contributed by atoms with van der Waals surface area (Å²) in [6.45, 7) is 4.88. The molecule has 3 rings (SSSR count). The third kappa shape index (κ3) is 4.08. The first-order chi connectivity index (χ1) is 14.2. The number of nitrogens with zero attached hydrogens (tertiary/aromatic N) is 5. The Balaban J connectivity index is 2.16. The second-order valence-electron chi connectivity index (χ2n) is 7.49. The summed E-state index contributed by atoms with van der Waals surface area (Å²) in [6.07, 6.45) is 0.427. The van der Waals surface area contributed by atoms with E-state index in [4.69, 9.17) is 0 Å². The van der Waals surface area contributed by atoms with Crippen LogP contribution < -0.4 is 0 Å². The zero-order chi connectivity index (χ0) is 22.1. The van der Waals surface area contributed by atoms with Gasteiger partial charge in [-0.25, -0.2) is 17.9 Å². The Kier molecular flexibility index (Phi) is 6.23. The van der Waals surface area contributed by atoms with E-state index in [1.54, 1.807) is 55.3 Å². The fourth-order valence-corrected chi connectivity index (χ4v) is 4.79. The lowest BCUT2D eigenvalue weighted by molar-refractivity contribution is 0.0780. The molecule has 0 aliphatic carbocycles. The van der Waals surface area contributed by atoms with Crippen LogP contribution in [0, 0.1) is 6.92 Å². The largest absolute Gasteiger partial charge is 0.339 e. The monoisotopic (exact) mass is 429 g/mol. The summed E-state index contributed by atoms with van der Waals surface area (Å²) in [5.74, 6) is -0.259. The fourth-order valence-electron chi connectivity index (χ4n) is 3.17. The van der Waals surface area contributed by atoms with Crippen LogP contribution in [0.4, 0.5) is 0 Å². The molecular formula is C21H27N5O3S. The maximum atomic E-state index is 13.4. The van der Waals surface area contributed by atoms with E-state index in [-0.39, 0.29) is 27.0 Å². The van der Waals surface area contributed by atoms with Crippen molar-refractivity contribution in [2.45, 2.75) is 30.1 Å². The summed E-state index contributed by atoms with van der Waals surface area (Å²) >= 11 is 0. The maximum absolute atomic E-state index is 13.4. The summed E-state index contributed by atoms with van der Waals surface area (Å²) in [5, 5.41) is 4.47. The van der Waals surface area contributed by atoms with Gasteiger partial charge in [0.15, 0.2) is 5.65 Å². The summed E-state index contributed by atoms with van der Waals surface area (Å²) in [5.41, 5.74) is 1.46. The van der Waals surface area contributed by atoms with Crippen LogP contribution in [0.3, 0.4) is 0 Å². The Morgan fingerprint density at radius 3 is 2.37 bits per heavy atom. The van der Waals surface area contributed by atoms with Gasteiger partial charge in [0, 0.05) is 25.8 Å². The SMILES string of the molecule is CCc1nn2c(C)cc(C(=O)N(C)CCN(C)C)nc2c1S(=O)(=O)c1ccccc1. The number of likely N-dealkylation sites (N-methyl/N-ethyl adjacent to an activating group) is 2. The van der Waals surface area contributed by atoms with Crippen LogP contribution in [0.1, 0.15) is 28.8 Å². The number of benzene rings is 1. The average Bonchev–Trinajstić information content (AvgIpc) is 3.12.